The first-order valence-electron chi connectivity index (χ1n) is 3.02. The van der Waals surface area contributed by atoms with E-state index in [2.05, 4.69) is 0 Å². The van der Waals surface area contributed by atoms with E-state index in [1.807, 2.05) is 13.8 Å². The zero-order valence-electron chi connectivity index (χ0n) is 7.04. The summed E-state index contributed by atoms with van der Waals surface area (Å²) in [6, 6.07) is 0. The molecule has 0 bridgehead atoms. The second-order valence-corrected chi connectivity index (χ2v) is 2.83. The zero-order valence-corrected chi connectivity index (χ0v) is 11.0. The molecule has 0 radical (unpaired) electrons. The van der Waals surface area contributed by atoms with E-state index in [0.29, 0.717) is 0 Å². The fraction of sp³-hybridized carbons (Fsp3) is 1.00. The van der Waals surface area contributed by atoms with Crippen LogP contribution in [0.1, 0.15) is 13.8 Å². The number of halogens is 1. The molecule has 0 atom stereocenters. The Balaban J connectivity index is -0.000000150. The molecule has 0 N–H and O–H groups in total. The van der Waals surface area contributed by atoms with Crippen molar-refractivity contribution in [2.45, 2.75) is 13.8 Å². The van der Waals surface area contributed by atoms with Crippen LogP contribution in [0.3, 0.4) is 0 Å². The molecule has 9 heteroatoms. The van der Waals surface area contributed by atoms with Crippen molar-refractivity contribution in [1.82, 2.24) is 0 Å². The molecular formula is C4H11AuClO6P. The van der Waals surface area contributed by atoms with Crippen LogP contribution < -0.4 is 18.6 Å². The van der Waals surface area contributed by atoms with Gasteiger partial charge in [0.2, 0.25) is 0 Å². The summed E-state index contributed by atoms with van der Waals surface area (Å²) in [5.41, 5.74) is 0. The van der Waals surface area contributed by atoms with E-state index in [1.54, 1.807) is 0 Å². The molecule has 0 aliphatic rings. The fourth-order valence-electron chi connectivity index (χ4n) is 0.160. The van der Waals surface area contributed by atoms with Crippen LogP contribution in [-0.2, 0) is 31.4 Å². The molecule has 0 saturated heterocycles. The summed E-state index contributed by atoms with van der Waals surface area (Å²) in [5, 5.41) is 0. The number of rotatable bonds is 4. The standard InChI is InChI=1S/C4H11O2P.Au.ClHO4/c1-3-5-7-6-4-2;;2-1(3,4)5/h7H,3-4H2,1-2H3;;(H,2,3,4,5)/q;+1;/p-1. The van der Waals surface area contributed by atoms with Gasteiger partial charge in [0.15, 0.2) is 9.03 Å². The number of hydrogen-bond acceptors (Lipinski definition) is 6. The van der Waals surface area contributed by atoms with Crippen molar-refractivity contribution in [3.63, 3.8) is 0 Å². The first-order valence-corrected chi connectivity index (χ1v) is 5.07. The molecule has 0 spiro atoms. The molecule has 6 nitrogen and oxygen atoms in total. The van der Waals surface area contributed by atoms with E-state index >= 15 is 0 Å². The summed E-state index contributed by atoms with van der Waals surface area (Å²) < 4.78 is 43.7. The van der Waals surface area contributed by atoms with Gasteiger partial charge in [-0.3, -0.25) is 0 Å². The topological polar surface area (TPSA) is 111 Å². The van der Waals surface area contributed by atoms with Gasteiger partial charge in [0.1, 0.15) is 0 Å². The zero-order chi connectivity index (χ0) is 10.0. The molecule has 13 heavy (non-hydrogen) atoms. The minimum absolute atomic E-state index is 0. The van der Waals surface area contributed by atoms with Gasteiger partial charge in [0, 0.05) is 0 Å². The molecule has 0 aromatic carbocycles. The minimum Gasteiger partial charge on any atom is -0.337 e. The van der Waals surface area contributed by atoms with Gasteiger partial charge < -0.3 is 9.05 Å². The smallest absolute Gasteiger partial charge is 0.337 e. The SMILES string of the molecule is CCOPOCC.[Au+].[O-][Cl+3]([O-])([O-])[O-]. The van der Waals surface area contributed by atoms with Crippen molar-refractivity contribution in [3.8, 4) is 0 Å². The second kappa shape index (κ2) is 13.2. The summed E-state index contributed by atoms with van der Waals surface area (Å²) in [6.45, 7) is 5.40. The summed E-state index contributed by atoms with van der Waals surface area (Å²) in [5.74, 6) is 0. The van der Waals surface area contributed by atoms with Crippen LogP contribution in [0.4, 0.5) is 0 Å². The van der Waals surface area contributed by atoms with Crippen molar-refractivity contribution in [1.29, 1.82) is 0 Å². The predicted molar refractivity (Wildman–Crippen MR) is 31.6 cm³/mol. The van der Waals surface area contributed by atoms with Crippen LogP contribution in [-0.4, -0.2) is 13.2 Å². The molecule has 0 aliphatic carbocycles. The summed E-state index contributed by atoms with van der Waals surface area (Å²) >= 11 is 0. The average molecular weight is 419 g/mol. The molecule has 0 amide bonds. The van der Waals surface area contributed by atoms with E-state index in [9.17, 15) is 0 Å². The van der Waals surface area contributed by atoms with Crippen LogP contribution in [0, 0.1) is 10.2 Å². The van der Waals surface area contributed by atoms with Crippen LogP contribution >= 0.6 is 9.03 Å². The summed E-state index contributed by atoms with van der Waals surface area (Å²) in [4.78, 5) is 0. The molecule has 0 rings (SSSR count). The van der Waals surface area contributed by atoms with Crippen molar-refractivity contribution in [2.24, 2.45) is 0 Å². The second-order valence-electron chi connectivity index (χ2n) is 1.33. The third kappa shape index (κ3) is 61.1. The Morgan fingerprint density at radius 3 is 1.38 bits per heavy atom. The third-order valence-corrected chi connectivity index (χ3v) is 1.22. The molecule has 0 heterocycles. The maximum Gasteiger partial charge on any atom is 1.00 e. The summed E-state index contributed by atoms with van der Waals surface area (Å²) in [6.07, 6.45) is 0. The molecule has 0 aromatic heterocycles. The molecule has 86 valence electrons. The Morgan fingerprint density at radius 2 is 1.23 bits per heavy atom. The summed E-state index contributed by atoms with van der Waals surface area (Å²) in [7, 11) is -4.71. The Hall–Kier alpha value is 1.22. The molecule has 0 aromatic rings. The van der Waals surface area contributed by atoms with Gasteiger partial charge in [0.25, 0.3) is 0 Å². The average Bonchev–Trinajstić information content (AvgIpc) is 1.85. The third-order valence-electron chi connectivity index (χ3n) is 0.407. The molecule has 0 aliphatic heterocycles. The molecule has 0 unspecified atom stereocenters. The Morgan fingerprint density at radius 1 is 1.00 bits per heavy atom. The Bertz CT molecular complexity index is 81.2. The first-order chi connectivity index (χ1) is 5.41. The maximum absolute atomic E-state index is 8.49. The fourth-order valence-corrected chi connectivity index (χ4v) is 0.479. The van der Waals surface area contributed by atoms with E-state index < -0.39 is 10.2 Å². The van der Waals surface area contributed by atoms with E-state index in [0.717, 1.165) is 13.2 Å². The Labute approximate surface area is 96.4 Å². The van der Waals surface area contributed by atoms with E-state index in [-0.39, 0.29) is 31.4 Å². The van der Waals surface area contributed by atoms with Gasteiger partial charge in [-0.1, -0.05) is 0 Å². The molecule has 0 saturated carbocycles. The monoisotopic (exact) mass is 418 g/mol. The van der Waals surface area contributed by atoms with Crippen molar-refractivity contribution < 1.29 is 60.3 Å². The largest absolute Gasteiger partial charge is 1.00 e. The maximum atomic E-state index is 8.49. The van der Waals surface area contributed by atoms with Crippen LogP contribution in [0.25, 0.3) is 0 Å². The normalized spacial score (nSPS) is 9.69. The van der Waals surface area contributed by atoms with Crippen LogP contribution in [0.2, 0.25) is 0 Å². The van der Waals surface area contributed by atoms with Gasteiger partial charge >= 0.3 is 22.4 Å². The minimum atomic E-state index is -4.94. The van der Waals surface area contributed by atoms with Gasteiger partial charge in [-0.25, -0.2) is 18.6 Å². The van der Waals surface area contributed by atoms with Gasteiger partial charge in [-0.15, -0.1) is 10.2 Å². The van der Waals surface area contributed by atoms with Crippen LogP contribution in [0.15, 0.2) is 0 Å². The van der Waals surface area contributed by atoms with E-state index in [1.165, 1.54) is 0 Å². The van der Waals surface area contributed by atoms with Crippen molar-refractivity contribution in [2.75, 3.05) is 13.2 Å². The van der Waals surface area contributed by atoms with Crippen molar-refractivity contribution in [3.05, 3.63) is 0 Å². The quantitative estimate of drug-likeness (QED) is 0.270. The van der Waals surface area contributed by atoms with Crippen LogP contribution in [0.5, 0.6) is 0 Å². The predicted octanol–water partition coefficient (Wildman–Crippen LogP) is -3.19. The number of hydrogen-bond donors (Lipinski definition) is 0. The van der Waals surface area contributed by atoms with Gasteiger partial charge in [0.05, 0.1) is 13.2 Å². The van der Waals surface area contributed by atoms with Crippen molar-refractivity contribution >= 4 is 9.03 Å². The van der Waals surface area contributed by atoms with E-state index in [4.69, 9.17) is 27.7 Å². The molecular weight excluding hydrogens is 407 g/mol. The van der Waals surface area contributed by atoms with Gasteiger partial charge in [-0.2, -0.15) is 0 Å². The van der Waals surface area contributed by atoms with Gasteiger partial charge in [-0.05, 0) is 13.8 Å². The molecule has 0 fully saturated rings. The first kappa shape index (κ1) is 19.7. The Kier molecular flexibility index (Phi) is 20.1.